The van der Waals surface area contributed by atoms with Gasteiger partial charge in [-0.1, -0.05) is 0 Å². The summed E-state index contributed by atoms with van der Waals surface area (Å²) in [6.07, 6.45) is 2.08. The first-order chi connectivity index (χ1) is 9.15. The van der Waals surface area contributed by atoms with Gasteiger partial charge in [0.15, 0.2) is 0 Å². The number of carbonyl (C=O) groups is 1. The molecule has 0 spiro atoms. The third-order valence-electron chi connectivity index (χ3n) is 3.49. The van der Waals surface area contributed by atoms with Crippen LogP contribution in [0.3, 0.4) is 0 Å². The average molecular weight is 264 g/mol. The van der Waals surface area contributed by atoms with E-state index >= 15 is 0 Å². The van der Waals surface area contributed by atoms with Crippen LogP contribution in [0, 0.1) is 0 Å². The van der Waals surface area contributed by atoms with E-state index in [2.05, 4.69) is 0 Å². The molecule has 1 aromatic rings. The zero-order valence-corrected chi connectivity index (χ0v) is 11.4. The van der Waals surface area contributed by atoms with Crippen molar-refractivity contribution in [1.82, 2.24) is 4.90 Å². The van der Waals surface area contributed by atoms with E-state index in [1.807, 2.05) is 0 Å². The number of hydrogen-bond donors (Lipinski definition) is 1. The van der Waals surface area contributed by atoms with Gasteiger partial charge >= 0.3 is 0 Å². The molecule has 1 heterocycles. The largest absolute Gasteiger partial charge is 0.497 e. The molecule has 1 aromatic carbocycles. The molecule has 1 amide bonds. The molecule has 5 nitrogen and oxygen atoms in total. The molecule has 1 aliphatic rings. The lowest BCUT2D eigenvalue weighted by Crippen LogP contribution is -2.43. The second kappa shape index (κ2) is 5.93. The van der Waals surface area contributed by atoms with E-state index in [-0.39, 0.29) is 12.0 Å². The molecule has 0 radical (unpaired) electrons. The van der Waals surface area contributed by atoms with Crippen molar-refractivity contribution in [2.75, 3.05) is 33.0 Å². The highest BCUT2D eigenvalue weighted by atomic mass is 16.5. The molecule has 19 heavy (non-hydrogen) atoms. The lowest BCUT2D eigenvalue weighted by atomic mass is 10.1. The number of benzene rings is 1. The van der Waals surface area contributed by atoms with Gasteiger partial charge in [-0.25, -0.2) is 0 Å². The molecule has 104 valence electrons. The van der Waals surface area contributed by atoms with Crippen molar-refractivity contribution in [2.45, 2.75) is 18.9 Å². The van der Waals surface area contributed by atoms with Gasteiger partial charge < -0.3 is 20.1 Å². The van der Waals surface area contributed by atoms with Crippen LogP contribution in [0.5, 0.6) is 5.75 Å². The van der Waals surface area contributed by atoms with E-state index < -0.39 is 0 Å². The molecule has 1 fully saturated rings. The lowest BCUT2D eigenvalue weighted by molar-refractivity contribution is 0.0269. The van der Waals surface area contributed by atoms with Crippen LogP contribution < -0.4 is 10.5 Å². The van der Waals surface area contributed by atoms with Gasteiger partial charge in [-0.3, -0.25) is 4.79 Å². The van der Waals surface area contributed by atoms with Crippen LogP contribution in [0.1, 0.15) is 23.2 Å². The average Bonchev–Trinajstić information content (AvgIpc) is 2.46. The molecular formula is C14H20N2O3. The summed E-state index contributed by atoms with van der Waals surface area (Å²) in [7, 11) is 3.25. The zero-order chi connectivity index (χ0) is 13.8. The summed E-state index contributed by atoms with van der Waals surface area (Å²) >= 11 is 0. The topological polar surface area (TPSA) is 64.8 Å². The van der Waals surface area contributed by atoms with Crippen LogP contribution in [0.15, 0.2) is 18.2 Å². The van der Waals surface area contributed by atoms with E-state index in [0.717, 1.165) is 19.4 Å². The van der Waals surface area contributed by atoms with E-state index in [9.17, 15) is 4.79 Å². The summed E-state index contributed by atoms with van der Waals surface area (Å²) in [6, 6.07) is 5.14. The number of methoxy groups -OCH3 is 2. The summed E-state index contributed by atoms with van der Waals surface area (Å²) in [6.45, 7) is 1.38. The summed E-state index contributed by atoms with van der Waals surface area (Å²) in [4.78, 5) is 14.2. The molecule has 0 saturated carbocycles. The molecule has 2 N–H and O–H groups in total. The van der Waals surface area contributed by atoms with Crippen molar-refractivity contribution in [2.24, 2.45) is 0 Å². The molecule has 1 atom stereocenters. The highest BCUT2D eigenvalue weighted by molar-refractivity contribution is 5.99. The maximum atomic E-state index is 12.4. The Kier molecular flexibility index (Phi) is 4.27. The van der Waals surface area contributed by atoms with Crippen molar-refractivity contribution in [1.29, 1.82) is 0 Å². The van der Waals surface area contributed by atoms with Crippen LogP contribution in [0.2, 0.25) is 0 Å². The molecule has 2 rings (SSSR count). The van der Waals surface area contributed by atoms with Gasteiger partial charge in [-0.15, -0.1) is 0 Å². The smallest absolute Gasteiger partial charge is 0.256 e. The number of amides is 1. The summed E-state index contributed by atoms with van der Waals surface area (Å²) in [5.41, 5.74) is 6.89. The molecule has 1 unspecified atom stereocenters. The number of hydrogen-bond acceptors (Lipinski definition) is 4. The van der Waals surface area contributed by atoms with Crippen molar-refractivity contribution < 1.29 is 14.3 Å². The second-order valence-electron chi connectivity index (χ2n) is 4.70. The predicted molar refractivity (Wildman–Crippen MR) is 73.3 cm³/mol. The normalized spacial score (nSPS) is 19.3. The van der Waals surface area contributed by atoms with Crippen LogP contribution in [0.4, 0.5) is 5.69 Å². The third kappa shape index (κ3) is 2.98. The maximum Gasteiger partial charge on any atom is 0.256 e. The number of rotatable bonds is 3. The van der Waals surface area contributed by atoms with Crippen LogP contribution in [-0.4, -0.2) is 44.2 Å². The predicted octanol–water partition coefficient (Wildman–Crippen LogP) is 1.53. The minimum absolute atomic E-state index is 0.0399. The van der Waals surface area contributed by atoms with Crippen molar-refractivity contribution in [3.8, 4) is 5.75 Å². The van der Waals surface area contributed by atoms with E-state index in [4.69, 9.17) is 15.2 Å². The second-order valence-corrected chi connectivity index (χ2v) is 4.70. The first-order valence-corrected chi connectivity index (χ1v) is 6.41. The van der Waals surface area contributed by atoms with Gasteiger partial charge in [0.2, 0.25) is 0 Å². The highest BCUT2D eigenvalue weighted by Gasteiger charge is 2.25. The number of anilines is 1. The number of piperidine rings is 1. The Bertz CT molecular complexity index is 462. The van der Waals surface area contributed by atoms with E-state index in [1.165, 1.54) is 0 Å². The highest BCUT2D eigenvalue weighted by Crippen LogP contribution is 2.23. The maximum absolute atomic E-state index is 12.4. The summed E-state index contributed by atoms with van der Waals surface area (Å²) in [5, 5.41) is 0. The Morgan fingerprint density at radius 2 is 2.21 bits per heavy atom. The van der Waals surface area contributed by atoms with Crippen molar-refractivity contribution in [3.63, 3.8) is 0 Å². The van der Waals surface area contributed by atoms with Gasteiger partial charge in [-0.05, 0) is 25.0 Å². The molecule has 0 aromatic heterocycles. The Labute approximate surface area is 113 Å². The zero-order valence-electron chi connectivity index (χ0n) is 11.4. The van der Waals surface area contributed by atoms with Gasteiger partial charge in [0, 0.05) is 32.0 Å². The Morgan fingerprint density at radius 3 is 2.84 bits per heavy atom. The van der Waals surface area contributed by atoms with Crippen LogP contribution in [-0.2, 0) is 4.74 Å². The number of nitrogens with zero attached hydrogens (tertiary/aromatic N) is 1. The Balaban J connectivity index is 2.15. The molecule has 0 aliphatic carbocycles. The SMILES string of the molecule is COc1ccc(C(=O)N2CCCC(OC)C2)c(N)c1. The minimum atomic E-state index is -0.0399. The van der Waals surface area contributed by atoms with Crippen LogP contribution >= 0.6 is 0 Å². The van der Waals surface area contributed by atoms with Crippen LogP contribution in [0.25, 0.3) is 0 Å². The van der Waals surface area contributed by atoms with Gasteiger partial charge in [0.1, 0.15) is 5.75 Å². The van der Waals surface area contributed by atoms with Gasteiger partial charge in [0.25, 0.3) is 5.91 Å². The fourth-order valence-corrected chi connectivity index (χ4v) is 2.35. The summed E-state index contributed by atoms with van der Waals surface area (Å²) in [5.74, 6) is 0.615. The van der Waals surface area contributed by atoms with E-state index in [1.54, 1.807) is 37.3 Å². The Hall–Kier alpha value is -1.75. The number of nitrogens with two attached hydrogens (primary N) is 1. The molecular weight excluding hydrogens is 244 g/mol. The summed E-state index contributed by atoms with van der Waals surface area (Å²) < 4.78 is 10.4. The standard InChI is InChI=1S/C14H20N2O3/c1-18-10-5-6-12(13(15)8-10)14(17)16-7-3-4-11(9-16)19-2/h5-6,8,11H,3-4,7,9,15H2,1-2H3. The molecule has 0 bridgehead atoms. The fourth-order valence-electron chi connectivity index (χ4n) is 2.35. The first kappa shape index (κ1) is 13.7. The molecule has 5 heteroatoms. The molecule has 1 saturated heterocycles. The third-order valence-corrected chi connectivity index (χ3v) is 3.49. The molecule has 1 aliphatic heterocycles. The van der Waals surface area contributed by atoms with Gasteiger partial charge in [0.05, 0.1) is 18.8 Å². The first-order valence-electron chi connectivity index (χ1n) is 6.41. The monoisotopic (exact) mass is 264 g/mol. The van der Waals surface area contributed by atoms with Crippen molar-refractivity contribution >= 4 is 11.6 Å². The fraction of sp³-hybridized carbons (Fsp3) is 0.500. The minimum Gasteiger partial charge on any atom is -0.497 e. The number of ether oxygens (including phenoxy) is 2. The Morgan fingerprint density at radius 1 is 1.42 bits per heavy atom. The van der Waals surface area contributed by atoms with E-state index in [0.29, 0.717) is 23.5 Å². The number of likely N-dealkylation sites (tertiary alicyclic amines) is 1. The number of nitrogen functional groups attached to an aromatic ring is 1. The lowest BCUT2D eigenvalue weighted by Gasteiger charge is -2.32. The number of carbonyl (C=O) groups excluding carboxylic acids is 1. The van der Waals surface area contributed by atoms with Crippen molar-refractivity contribution in [3.05, 3.63) is 23.8 Å². The quantitative estimate of drug-likeness (QED) is 0.841. The van der Waals surface area contributed by atoms with Gasteiger partial charge in [-0.2, -0.15) is 0 Å².